The van der Waals surface area contributed by atoms with Gasteiger partial charge in [0.2, 0.25) is 0 Å². The smallest absolute Gasteiger partial charge is 0.186 e. The molecule has 5 nitrogen and oxygen atoms in total. The van der Waals surface area contributed by atoms with Crippen LogP contribution in [0.1, 0.15) is 11.3 Å². The van der Waals surface area contributed by atoms with E-state index < -0.39 is 9.84 Å². The predicted octanol–water partition coefficient (Wildman–Crippen LogP) is 1.28. The minimum absolute atomic E-state index is 0.137. The van der Waals surface area contributed by atoms with E-state index >= 15 is 0 Å². The molecule has 0 spiro atoms. The van der Waals surface area contributed by atoms with Crippen LogP contribution in [0.3, 0.4) is 0 Å². The molecule has 0 atom stereocenters. The van der Waals surface area contributed by atoms with Crippen molar-refractivity contribution in [3.8, 4) is 0 Å². The van der Waals surface area contributed by atoms with Crippen molar-refractivity contribution >= 4 is 15.5 Å². The number of rotatable bonds is 3. The molecule has 0 aliphatic heterocycles. The summed E-state index contributed by atoms with van der Waals surface area (Å²) in [4.78, 5) is 0.174. The Morgan fingerprint density at radius 2 is 2.06 bits per heavy atom. The number of anilines is 1. The number of para-hydroxylation sites is 1. The molecule has 96 valence electrons. The quantitative estimate of drug-likeness (QED) is 0.848. The van der Waals surface area contributed by atoms with Gasteiger partial charge in [0.05, 0.1) is 22.0 Å². The SMILES string of the molecule is Cc1cccc(S(=O)(=O)Cc2ccn(C)n2)c1N. The highest BCUT2D eigenvalue weighted by Gasteiger charge is 2.20. The summed E-state index contributed by atoms with van der Waals surface area (Å²) in [6, 6.07) is 6.69. The number of sulfone groups is 1. The Labute approximate surface area is 106 Å². The van der Waals surface area contributed by atoms with Crippen molar-refractivity contribution in [3.63, 3.8) is 0 Å². The number of aromatic nitrogens is 2. The van der Waals surface area contributed by atoms with E-state index in [0.717, 1.165) is 5.56 Å². The largest absolute Gasteiger partial charge is 0.397 e. The van der Waals surface area contributed by atoms with Crippen molar-refractivity contribution in [1.29, 1.82) is 0 Å². The third kappa shape index (κ3) is 2.38. The number of nitrogen functional groups attached to an aromatic ring is 1. The molecule has 0 saturated carbocycles. The molecule has 0 bridgehead atoms. The van der Waals surface area contributed by atoms with Crippen molar-refractivity contribution in [2.45, 2.75) is 17.6 Å². The lowest BCUT2D eigenvalue weighted by atomic mass is 10.2. The minimum Gasteiger partial charge on any atom is -0.397 e. The van der Waals surface area contributed by atoms with Crippen LogP contribution in [-0.2, 0) is 22.6 Å². The van der Waals surface area contributed by atoms with Gasteiger partial charge in [-0.05, 0) is 24.6 Å². The van der Waals surface area contributed by atoms with Crippen LogP contribution in [0, 0.1) is 6.92 Å². The maximum Gasteiger partial charge on any atom is 0.186 e. The minimum atomic E-state index is -3.45. The lowest BCUT2D eigenvalue weighted by Crippen LogP contribution is -2.09. The van der Waals surface area contributed by atoms with E-state index in [9.17, 15) is 8.42 Å². The fraction of sp³-hybridized carbons (Fsp3) is 0.250. The fourth-order valence-electron chi connectivity index (χ4n) is 1.74. The average Bonchev–Trinajstić information content (AvgIpc) is 2.67. The molecular weight excluding hydrogens is 250 g/mol. The van der Waals surface area contributed by atoms with Gasteiger partial charge in [-0.25, -0.2) is 8.42 Å². The molecule has 6 heteroatoms. The summed E-state index contributed by atoms with van der Waals surface area (Å²) in [5, 5.41) is 4.07. The number of hydrogen-bond acceptors (Lipinski definition) is 4. The van der Waals surface area contributed by atoms with Crippen LogP contribution in [-0.4, -0.2) is 18.2 Å². The molecule has 0 aliphatic carbocycles. The first-order valence-corrected chi connectivity index (χ1v) is 7.12. The summed E-state index contributed by atoms with van der Waals surface area (Å²) in [6.45, 7) is 1.79. The van der Waals surface area contributed by atoms with Gasteiger partial charge in [-0.1, -0.05) is 12.1 Å². The third-order valence-corrected chi connectivity index (χ3v) is 4.43. The van der Waals surface area contributed by atoms with Crippen molar-refractivity contribution in [2.24, 2.45) is 7.05 Å². The molecular formula is C12H15N3O2S. The standard InChI is InChI=1S/C12H15N3O2S/c1-9-4-3-5-11(12(9)13)18(16,17)8-10-6-7-15(2)14-10/h3-7H,8,13H2,1-2H3. The van der Waals surface area contributed by atoms with E-state index in [1.54, 1.807) is 43.0 Å². The van der Waals surface area contributed by atoms with Gasteiger partial charge in [-0.3, -0.25) is 4.68 Å². The Balaban J connectivity index is 2.40. The van der Waals surface area contributed by atoms with Crippen LogP contribution < -0.4 is 5.73 Å². The number of aryl methyl sites for hydroxylation is 2. The normalized spacial score (nSPS) is 11.7. The van der Waals surface area contributed by atoms with Crippen molar-refractivity contribution < 1.29 is 8.42 Å². The summed E-state index contributed by atoms with van der Waals surface area (Å²) in [7, 11) is -1.71. The second-order valence-electron chi connectivity index (χ2n) is 4.23. The van der Waals surface area contributed by atoms with Gasteiger partial charge in [-0.2, -0.15) is 5.10 Å². The zero-order chi connectivity index (χ0) is 13.3. The number of nitrogens with two attached hydrogens (primary N) is 1. The second-order valence-corrected chi connectivity index (χ2v) is 6.18. The van der Waals surface area contributed by atoms with Gasteiger partial charge in [0.15, 0.2) is 9.84 Å². The van der Waals surface area contributed by atoms with E-state index in [1.165, 1.54) is 6.07 Å². The van der Waals surface area contributed by atoms with Gasteiger partial charge in [0.25, 0.3) is 0 Å². The molecule has 2 N–H and O–H groups in total. The Morgan fingerprint density at radius 1 is 1.33 bits per heavy atom. The van der Waals surface area contributed by atoms with E-state index in [2.05, 4.69) is 5.10 Å². The molecule has 0 amide bonds. The third-order valence-electron chi connectivity index (χ3n) is 2.73. The molecule has 0 unspecified atom stereocenters. The van der Waals surface area contributed by atoms with Gasteiger partial charge >= 0.3 is 0 Å². The van der Waals surface area contributed by atoms with Gasteiger partial charge in [0.1, 0.15) is 0 Å². The van der Waals surface area contributed by atoms with Crippen molar-refractivity contribution in [3.05, 3.63) is 41.7 Å². The Hall–Kier alpha value is -1.82. The van der Waals surface area contributed by atoms with Crippen LogP contribution in [0.25, 0.3) is 0 Å². The Kier molecular flexibility index (Phi) is 3.13. The monoisotopic (exact) mass is 265 g/mol. The molecule has 1 aromatic heterocycles. The lowest BCUT2D eigenvalue weighted by Gasteiger charge is -2.08. The highest BCUT2D eigenvalue weighted by atomic mass is 32.2. The van der Waals surface area contributed by atoms with E-state index in [0.29, 0.717) is 11.4 Å². The first kappa shape index (κ1) is 12.6. The number of benzene rings is 1. The van der Waals surface area contributed by atoms with Gasteiger partial charge < -0.3 is 5.73 Å². The van der Waals surface area contributed by atoms with E-state index in [4.69, 9.17) is 5.73 Å². The Bertz CT molecular complexity index is 674. The lowest BCUT2D eigenvalue weighted by molar-refractivity contribution is 0.594. The Morgan fingerprint density at radius 3 is 2.67 bits per heavy atom. The summed E-state index contributed by atoms with van der Waals surface area (Å²) in [5.74, 6) is -0.137. The highest BCUT2D eigenvalue weighted by molar-refractivity contribution is 7.90. The zero-order valence-electron chi connectivity index (χ0n) is 10.3. The maximum atomic E-state index is 12.3. The van der Waals surface area contributed by atoms with Gasteiger partial charge in [-0.15, -0.1) is 0 Å². The summed E-state index contributed by atoms with van der Waals surface area (Å²) in [5.41, 5.74) is 7.41. The summed E-state index contributed by atoms with van der Waals surface area (Å²) < 4.78 is 26.1. The van der Waals surface area contributed by atoms with Gasteiger partial charge in [0, 0.05) is 13.2 Å². The summed E-state index contributed by atoms with van der Waals surface area (Å²) in [6.07, 6.45) is 1.71. The van der Waals surface area contributed by atoms with Crippen molar-refractivity contribution in [1.82, 2.24) is 9.78 Å². The highest BCUT2D eigenvalue weighted by Crippen LogP contribution is 2.24. The second kappa shape index (κ2) is 4.45. The molecule has 0 aliphatic rings. The summed E-state index contributed by atoms with van der Waals surface area (Å²) >= 11 is 0. The number of nitrogens with zero attached hydrogens (tertiary/aromatic N) is 2. The van der Waals surface area contributed by atoms with E-state index in [-0.39, 0.29) is 10.6 Å². The first-order valence-electron chi connectivity index (χ1n) is 5.46. The van der Waals surface area contributed by atoms with E-state index in [1.807, 2.05) is 0 Å². The van der Waals surface area contributed by atoms with Crippen LogP contribution in [0.4, 0.5) is 5.69 Å². The molecule has 1 aromatic carbocycles. The topological polar surface area (TPSA) is 78.0 Å². The molecule has 0 saturated heterocycles. The first-order chi connectivity index (χ1) is 8.40. The average molecular weight is 265 g/mol. The molecule has 0 fully saturated rings. The predicted molar refractivity (Wildman–Crippen MR) is 69.7 cm³/mol. The van der Waals surface area contributed by atoms with Crippen molar-refractivity contribution in [2.75, 3.05) is 5.73 Å². The number of hydrogen-bond donors (Lipinski definition) is 1. The van der Waals surface area contributed by atoms with Crippen LogP contribution in [0.15, 0.2) is 35.4 Å². The van der Waals surface area contributed by atoms with Crippen LogP contribution >= 0.6 is 0 Å². The van der Waals surface area contributed by atoms with Crippen LogP contribution in [0.2, 0.25) is 0 Å². The molecule has 1 heterocycles. The fourth-order valence-corrected chi connectivity index (χ4v) is 3.22. The van der Waals surface area contributed by atoms with Crippen LogP contribution in [0.5, 0.6) is 0 Å². The molecule has 2 rings (SSSR count). The molecule has 0 radical (unpaired) electrons. The maximum absolute atomic E-state index is 12.3. The zero-order valence-corrected chi connectivity index (χ0v) is 11.1. The molecule has 2 aromatic rings. The molecule has 18 heavy (non-hydrogen) atoms.